The van der Waals surface area contributed by atoms with Gasteiger partial charge in [-0.3, -0.25) is 0 Å². The number of methoxy groups -OCH3 is 1. The topological polar surface area (TPSA) is 40.2 Å². The van der Waals surface area contributed by atoms with Crippen LogP contribution in [0.5, 0.6) is 5.75 Å². The second kappa shape index (κ2) is 5.03. The molecule has 0 radical (unpaired) electrons. The zero-order chi connectivity index (χ0) is 11.4. The summed E-state index contributed by atoms with van der Waals surface area (Å²) < 4.78 is 7.47. The molecule has 2 N–H and O–H groups in total. The standard InChI is InChI=1S/C13H18N2O/c1-16-12-4-5-13-11(10-12)6-9-15(13)8-3-2-7-14/h4-6,9-10H,2-3,7-8,14H2,1H3. The maximum Gasteiger partial charge on any atom is 0.119 e. The van der Waals surface area contributed by atoms with Crippen LogP contribution in [0.4, 0.5) is 0 Å². The SMILES string of the molecule is COc1ccc2c(ccn2CCCCN)c1. The molecular weight excluding hydrogens is 200 g/mol. The molecule has 0 saturated carbocycles. The van der Waals surface area contributed by atoms with E-state index in [1.54, 1.807) is 7.11 Å². The van der Waals surface area contributed by atoms with E-state index in [0.717, 1.165) is 31.7 Å². The fraction of sp³-hybridized carbons (Fsp3) is 0.385. The van der Waals surface area contributed by atoms with Gasteiger partial charge in [-0.15, -0.1) is 0 Å². The summed E-state index contributed by atoms with van der Waals surface area (Å²) in [5.41, 5.74) is 6.75. The summed E-state index contributed by atoms with van der Waals surface area (Å²) in [5, 5.41) is 1.23. The maximum absolute atomic E-state index is 5.49. The monoisotopic (exact) mass is 218 g/mol. The fourth-order valence-corrected chi connectivity index (χ4v) is 1.93. The summed E-state index contributed by atoms with van der Waals surface area (Å²) in [6, 6.07) is 8.30. The average molecular weight is 218 g/mol. The maximum atomic E-state index is 5.49. The average Bonchev–Trinajstić information content (AvgIpc) is 2.72. The van der Waals surface area contributed by atoms with Crippen molar-refractivity contribution in [3.05, 3.63) is 30.5 Å². The van der Waals surface area contributed by atoms with Crippen molar-refractivity contribution < 1.29 is 4.74 Å². The van der Waals surface area contributed by atoms with Crippen molar-refractivity contribution in [1.29, 1.82) is 0 Å². The van der Waals surface area contributed by atoms with E-state index in [4.69, 9.17) is 10.5 Å². The van der Waals surface area contributed by atoms with E-state index in [1.807, 2.05) is 6.07 Å². The van der Waals surface area contributed by atoms with Gasteiger partial charge in [-0.25, -0.2) is 0 Å². The second-order valence-corrected chi connectivity index (χ2v) is 3.93. The molecule has 0 amide bonds. The molecule has 1 aromatic carbocycles. The largest absolute Gasteiger partial charge is 0.497 e. The fourth-order valence-electron chi connectivity index (χ4n) is 1.93. The zero-order valence-electron chi connectivity index (χ0n) is 9.65. The van der Waals surface area contributed by atoms with Gasteiger partial charge in [-0.2, -0.15) is 0 Å². The van der Waals surface area contributed by atoms with Crippen LogP contribution in [0.2, 0.25) is 0 Å². The summed E-state index contributed by atoms with van der Waals surface area (Å²) in [4.78, 5) is 0. The molecule has 0 aliphatic heterocycles. The van der Waals surface area contributed by atoms with Crippen molar-refractivity contribution in [2.24, 2.45) is 5.73 Å². The van der Waals surface area contributed by atoms with Crippen LogP contribution in [-0.2, 0) is 6.54 Å². The van der Waals surface area contributed by atoms with Gasteiger partial charge < -0.3 is 15.0 Å². The lowest BCUT2D eigenvalue weighted by molar-refractivity contribution is 0.415. The Morgan fingerprint density at radius 3 is 2.88 bits per heavy atom. The lowest BCUT2D eigenvalue weighted by Crippen LogP contribution is -2.02. The number of ether oxygens (including phenoxy) is 1. The van der Waals surface area contributed by atoms with Crippen molar-refractivity contribution in [3.63, 3.8) is 0 Å². The first-order chi connectivity index (χ1) is 7.85. The molecule has 0 aliphatic rings. The van der Waals surface area contributed by atoms with E-state index in [-0.39, 0.29) is 0 Å². The van der Waals surface area contributed by atoms with E-state index in [1.165, 1.54) is 10.9 Å². The highest BCUT2D eigenvalue weighted by Gasteiger charge is 2.01. The minimum atomic E-state index is 0.771. The number of aryl methyl sites for hydroxylation is 1. The van der Waals surface area contributed by atoms with Crippen molar-refractivity contribution in [2.75, 3.05) is 13.7 Å². The molecule has 0 saturated heterocycles. The van der Waals surface area contributed by atoms with Crippen molar-refractivity contribution in [1.82, 2.24) is 4.57 Å². The molecule has 3 heteroatoms. The van der Waals surface area contributed by atoms with E-state index in [2.05, 4.69) is 29.0 Å². The third kappa shape index (κ3) is 2.19. The van der Waals surface area contributed by atoms with Crippen LogP contribution in [0.1, 0.15) is 12.8 Å². The molecule has 86 valence electrons. The number of nitrogens with two attached hydrogens (primary N) is 1. The Labute approximate surface area is 95.8 Å². The third-order valence-corrected chi connectivity index (χ3v) is 2.83. The molecule has 0 spiro atoms. The van der Waals surface area contributed by atoms with Gasteiger partial charge in [0, 0.05) is 23.6 Å². The Morgan fingerprint density at radius 2 is 2.12 bits per heavy atom. The molecule has 1 aromatic heterocycles. The molecule has 0 bridgehead atoms. The molecule has 2 rings (SSSR count). The quantitative estimate of drug-likeness (QED) is 0.783. The smallest absolute Gasteiger partial charge is 0.119 e. The van der Waals surface area contributed by atoms with Crippen LogP contribution in [0, 0.1) is 0 Å². The van der Waals surface area contributed by atoms with Crippen LogP contribution < -0.4 is 10.5 Å². The molecule has 0 fully saturated rings. The summed E-state index contributed by atoms with van der Waals surface area (Å²) in [6.07, 6.45) is 4.34. The number of nitrogens with zero attached hydrogens (tertiary/aromatic N) is 1. The Hall–Kier alpha value is -1.48. The van der Waals surface area contributed by atoms with E-state index < -0.39 is 0 Å². The van der Waals surface area contributed by atoms with Crippen LogP contribution in [0.25, 0.3) is 10.9 Å². The zero-order valence-corrected chi connectivity index (χ0v) is 9.65. The molecule has 0 unspecified atom stereocenters. The van der Waals surface area contributed by atoms with Gasteiger partial charge in [0.25, 0.3) is 0 Å². The Kier molecular flexibility index (Phi) is 3.47. The van der Waals surface area contributed by atoms with Crippen molar-refractivity contribution in [3.8, 4) is 5.75 Å². The molecule has 1 heterocycles. The van der Waals surface area contributed by atoms with Crippen LogP contribution in [0.3, 0.4) is 0 Å². The lowest BCUT2D eigenvalue weighted by Gasteiger charge is -2.05. The van der Waals surface area contributed by atoms with E-state index in [9.17, 15) is 0 Å². The first-order valence-electron chi connectivity index (χ1n) is 5.68. The first kappa shape index (κ1) is 11.0. The summed E-state index contributed by atoms with van der Waals surface area (Å²) >= 11 is 0. The van der Waals surface area contributed by atoms with Gasteiger partial charge in [0.15, 0.2) is 0 Å². The van der Waals surface area contributed by atoms with Gasteiger partial charge in [0.1, 0.15) is 5.75 Å². The summed E-state index contributed by atoms with van der Waals surface area (Å²) in [5.74, 6) is 0.909. The highest BCUT2D eigenvalue weighted by atomic mass is 16.5. The number of fused-ring (bicyclic) bond motifs is 1. The minimum Gasteiger partial charge on any atom is -0.497 e. The highest BCUT2D eigenvalue weighted by molar-refractivity contribution is 5.81. The number of hydrogen-bond acceptors (Lipinski definition) is 2. The second-order valence-electron chi connectivity index (χ2n) is 3.93. The number of aromatic nitrogens is 1. The third-order valence-electron chi connectivity index (χ3n) is 2.83. The van der Waals surface area contributed by atoms with Gasteiger partial charge in [0.2, 0.25) is 0 Å². The van der Waals surface area contributed by atoms with Crippen LogP contribution >= 0.6 is 0 Å². The highest BCUT2D eigenvalue weighted by Crippen LogP contribution is 2.22. The number of hydrogen-bond donors (Lipinski definition) is 1. The van der Waals surface area contributed by atoms with Crippen molar-refractivity contribution >= 4 is 10.9 Å². The van der Waals surface area contributed by atoms with Gasteiger partial charge in [-0.05, 0) is 43.7 Å². The van der Waals surface area contributed by atoms with Gasteiger partial charge >= 0.3 is 0 Å². The molecule has 3 nitrogen and oxygen atoms in total. The Balaban J connectivity index is 2.20. The normalized spacial score (nSPS) is 10.9. The molecule has 0 atom stereocenters. The number of unbranched alkanes of at least 4 members (excludes halogenated alkanes) is 1. The molecular formula is C13H18N2O. The Morgan fingerprint density at radius 1 is 1.25 bits per heavy atom. The lowest BCUT2D eigenvalue weighted by atomic mass is 10.2. The van der Waals surface area contributed by atoms with E-state index >= 15 is 0 Å². The van der Waals surface area contributed by atoms with Crippen molar-refractivity contribution in [2.45, 2.75) is 19.4 Å². The molecule has 2 aromatic rings. The number of rotatable bonds is 5. The molecule has 0 aliphatic carbocycles. The minimum absolute atomic E-state index is 0.771. The van der Waals surface area contributed by atoms with Crippen LogP contribution in [0.15, 0.2) is 30.5 Å². The van der Waals surface area contributed by atoms with Gasteiger partial charge in [0.05, 0.1) is 7.11 Å². The van der Waals surface area contributed by atoms with Gasteiger partial charge in [-0.1, -0.05) is 0 Å². The molecule has 16 heavy (non-hydrogen) atoms. The number of benzene rings is 1. The Bertz CT molecular complexity index is 462. The predicted molar refractivity (Wildman–Crippen MR) is 66.8 cm³/mol. The first-order valence-corrected chi connectivity index (χ1v) is 5.68. The summed E-state index contributed by atoms with van der Waals surface area (Å²) in [7, 11) is 1.69. The summed E-state index contributed by atoms with van der Waals surface area (Å²) in [6.45, 7) is 1.81. The van der Waals surface area contributed by atoms with E-state index in [0.29, 0.717) is 0 Å². The predicted octanol–water partition coefficient (Wildman–Crippen LogP) is 2.39. The van der Waals surface area contributed by atoms with Crippen LogP contribution in [-0.4, -0.2) is 18.2 Å².